The van der Waals surface area contributed by atoms with Crippen LogP contribution in [-0.4, -0.2) is 51.5 Å². The maximum atomic E-state index is 12.4. The van der Waals surface area contributed by atoms with Crippen LogP contribution in [0.5, 0.6) is 17.2 Å². The van der Waals surface area contributed by atoms with Crippen molar-refractivity contribution in [1.82, 2.24) is 4.90 Å². The first-order valence-corrected chi connectivity index (χ1v) is 8.32. The molecule has 0 spiro atoms. The molecule has 2 rings (SSSR count). The van der Waals surface area contributed by atoms with E-state index < -0.39 is 0 Å². The van der Waals surface area contributed by atoms with Gasteiger partial charge in [0.2, 0.25) is 0 Å². The summed E-state index contributed by atoms with van der Waals surface area (Å²) in [5.74, 6) is 1.55. The van der Waals surface area contributed by atoms with Gasteiger partial charge in [0.05, 0.1) is 14.2 Å². The van der Waals surface area contributed by atoms with Gasteiger partial charge in [0.1, 0.15) is 17.2 Å². The first-order chi connectivity index (χ1) is 12.9. The number of benzene rings is 2. The minimum atomic E-state index is -0.149. The second-order valence-corrected chi connectivity index (χ2v) is 5.91. The van der Waals surface area contributed by atoms with E-state index in [1.54, 1.807) is 70.8 Å². The fourth-order valence-electron chi connectivity index (χ4n) is 2.21. The lowest BCUT2D eigenvalue weighted by atomic mass is 10.1. The molecule has 2 aromatic rings. The predicted molar refractivity (Wildman–Crippen MR) is 104 cm³/mol. The van der Waals surface area contributed by atoms with Crippen molar-refractivity contribution < 1.29 is 23.8 Å². The van der Waals surface area contributed by atoms with Crippen LogP contribution in [0.25, 0.3) is 6.08 Å². The molecule has 0 fully saturated rings. The molecule has 0 unspecified atom stereocenters. The molecule has 0 heterocycles. The highest BCUT2D eigenvalue weighted by molar-refractivity contribution is 6.07. The molecule has 0 aromatic heterocycles. The van der Waals surface area contributed by atoms with E-state index in [9.17, 15) is 9.59 Å². The smallest absolute Gasteiger partial charge is 0.259 e. The fourth-order valence-corrected chi connectivity index (χ4v) is 2.21. The standard InChI is InChI=1S/C21H23NO5/c1-22(2)21(24)14-27-17-9-5-15(6-10-17)19(23)12-8-16-7-11-18(25-3)13-20(16)26-4/h5-13H,14H2,1-4H3/b12-8+. The molecule has 6 nitrogen and oxygen atoms in total. The average molecular weight is 369 g/mol. The van der Waals surface area contributed by atoms with Crippen LogP contribution in [0.2, 0.25) is 0 Å². The second-order valence-electron chi connectivity index (χ2n) is 5.91. The molecule has 0 aliphatic carbocycles. The van der Waals surface area contributed by atoms with Gasteiger partial charge >= 0.3 is 0 Å². The van der Waals surface area contributed by atoms with Crippen molar-refractivity contribution in [2.24, 2.45) is 0 Å². The number of amides is 1. The Morgan fingerprint density at radius 2 is 1.63 bits per heavy atom. The Balaban J connectivity index is 2.03. The molecule has 0 aliphatic heterocycles. The van der Waals surface area contributed by atoms with E-state index in [2.05, 4.69) is 0 Å². The maximum absolute atomic E-state index is 12.4. The summed E-state index contributed by atoms with van der Waals surface area (Å²) in [4.78, 5) is 25.3. The Morgan fingerprint density at radius 1 is 0.963 bits per heavy atom. The average Bonchev–Trinajstić information content (AvgIpc) is 2.70. The monoisotopic (exact) mass is 369 g/mol. The summed E-state index contributed by atoms with van der Waals surface area (Å²) in [5, 5.41) is 0. The summed E-state index contributed by atoms with van der Waals surface area (Å²) in [6.07, 6.45) is 3.18. The minimum Gasteiger partial charge on any atom is -0.497 e. The number of methoxy groups -OCH3 is 2. The van der Waals surface area contributed by atoms with Crippen LogP contribution in [0.15, 0.2) is 48.5 Å². The minimum absolute atomic E-state index is 0.0442. The third kappa shape index (κ3) is 5.60. The van der Waals surface area contributed by atoms with E-state index in [4.69, 9.17) is 14.2 Å². The van der Waals surface area contributed by atoms with Gasteiger partial charge in [-0.15, -0.1) is 0 Å². The van der Waals surface area contributed by atoms with Crippen molar-refractivity contribution in [1.29, 1.82) is 0 Å². The van der Waals surface area contributed by atoms with E-state index in [1.807, 2.05) is 6.07 Å². The predicted octanol–water partition coefficient (Wildman–Crippen LogP) is 3.07. The normalized spacial score (nSPS) is 10.5. The molecular formula is C21H23NO5. The van der Waals surface area contributed by atoms with Crippen molar-refractivity contribution >= 4 is 17.8 Å². The quantitative estimate of drug-likeness (QED) is 0.529. The first kappa shape index (κ1) is 20.0. The number of likely N-dealkylation sites (N-methyl/N-ethyl adjacent to an activating group) is 1. The largest absolute Gasteiger partial charge is 0.497 e. The Morgan fingerprint density at radius 3 is 2.22 bits per heavy atom. The van der Waals surface area contributed by atoms with E-state index >= 15 is 0 Å². The van der Waals surface area contributed by atoms with Crippen molar-refractivity contribution in [3.63, 3.8) is 0 Å². The highest BCUT2D eigenvalue weighted by Crippen LogP contribution is 2.25. The highest BCUT2D eigenvalue weighted by Gasteiger charge is 2.07. The highest BCUT2D eigenvalue weighted by atomic mass is 16.5. The Bertz CT molecular complexity index is 825. The van der Waals surface area contributed by atoms with Gasteiger partial charge in [-0.2, -0.15) is 0 Å². The molecule has 0 radical (unpaired) electrons. The third-order valence-corrected chi connectivity index (χ3v) is 3.85. The topological polar surface area (TPSA) is 65.1 Å². The zero-order valence-corrected chi connectivity index (χ0v) is 15.9. The van der Waals surface area contributed by atoms with E-state index in [0.29, 0.717) is 22.8 Å². The van der Waals surface area contributed by atoms with Crippen LogP contribution >= 0.6 is 0 Å². The molecule has 2 aromatic carbocycles. The van der Waals surface area contributed by atoms with Gasteiger partial charge < -0.3 is 19.1 Å². The summed E-state index contributed by atoms with van der Waals surface area (Å²) in [7, 11) is 6.47. The fraction of sp³-hybridized carbons (Fsp3) is 0.238. The third-order valence-electron chi connectivity index (χ3n) is 3.85. The number of carbonyl (C=O) groups excluding carboxylic acids is 2. The second kappa shape index (κ2) is 9.43. The van der Waals surface area contributed by atoms with Crippen LogP contribution in [0.4, 0.5) is 0 Å². The molecule has 142 valence electrons. The van der Waals surface area contributed by atoms with Crippen LogP contribution in [-0.2, 0) is 4.79 Å². The molecule has 0 saturated heterocycles. The molecule has 0 bridgehead atoms. The number of hydrogen-bond acceptors (Lipinski definition) is 5. The molecule has 0 saturated carbocycles. The summed E-state index contributed by atoms with van der Waals surface area (Å²) < 4.78 is 15.9. The molecule has 0 atom stereocenters. The zero-order valence-electron chi connectivity index (χ0n) is 15.9. The Hall–Kier alpha value is -3.28. The van der Waals surface area contributed by atoms with Crippen molar-refractivity contribution in [3.8, 4) is 17.2 Å². The van der Waals surface area contributed by atoms with Crippen LogP contribution in [0.3, 0.4) is 0 Å². The van der Waals surface area contributed by atoms with Gasteiger partial charge in [-0.3, -0.25) is 9.59 Å². The van der Waals surface area contributed by atoms with E-state index in [1.165, 1.54) is 11.0 Å². The molecule has 27 heavy (non-hydrogen) atoms. The lowest BCUT2D eigenvalue weighted by molar-refractivity contribution is -0.130. The molecule has 0 aliphatic rings. The number of hydrogen-bond donors (Lipinski definition) is 0. The van der Waals surface area contributed by atoms with Gasteiger partial charge in [-0.05, 0) is 48.6 Å². The summed E-state index contributed by atoms with van der Waals surface area (Å²) in [6.45, 7) is -0.0442. The van der Waals surface area contributed by atoms with Crippen LogP contribution in [0, 0.1) is 0 Å². The lowest BCUT2D eigenvalue weighted by Crippen LogP contribution is -2.27. The Labute approximate surface area is 159 Å². The number of carbonyl (C=O) groups is 2. The first-order valence-electron chi connectivity index (χ1n) is 8.32. The van der Waals surface area contributed by atoms with Gasteiger partial charge in [-0.25, -0.2) is 0 Å². The summed E-state index contributed by atoms with van der Waals surface area (Å²) in [6, 6.07) is 12.0. The number of ketones is 1. The van der Waals surface area contributed by atoms with Gasteiger partial charge in [0.25, 0.3) is 5.91 Å². The van der Waals surface area contributed by atoms with Crippen LogP contribution in [0.1, 0.15) is 15.9 Å². The van der Waals surface area contributed by atoms with Crippen LogP contribution < -0.4 is 14.2 Å². The number of allylic oxidation sites excluding steroid dienone is 1. The van der Waals surface area contributed by atoms with Crippen molar-refractivity contribution in [3.05, 3.63) is 59.7 Å². The summed E-state index contributed by atoms with van der Waals surface area (Å²) >= 11 is 0. The number of nitrogens with zero attached hydrogens (tertiary/aromatic N) is 1. The lowest BCUT2D eigenvalue weighted by Gasteiger charge is -2.11. The molecule has 6 heteroatoms. The van der Waals surface area contributed by atoms with E-state index in [-0.39, 0.29) is 18.3 Å². The van der Waals surface area contributed by atoms with Crippen molar-refractivity contribution in [2.75, 3.05) is 34.9 Å². The molecular weight excluding hydrogens is 346 g/mol. The molecule has 1 amide bonds. The summed E-state index contributed by atoms with van der Waals surface area (Å²) in [5.41, 5.74) is 1.29. The Kier molecular flexibility index (Phi) is 7.00. The van der Waals surface area contributed by atoms with E-state index in [0.717, 1.165) is 5.56 Å². The van der Waals surface area contributed by atoms with Gasteiger partial charge in [0.15, 0.2) is 12.4 Å². The molecule has 0 N–H and O–H groups in total. The number of ether oxygens (including phenoxy) is 3. The van der Waals surface area contributed by atoms with Gasteiger partial charge in [-0.1, -0.05) is 0 Å². The maximum Gasteiger partial charge on any atom is 0.259 e. The van der Waals surface area contributed by atoms with Gasteiger partial charge in [0, 0.05) is 31.3 Å². The number of rotatable bonds is 8. The SMILES string of the molecule is COc1ccc(/C=C/C(=O)c2ccc(OCC(=O)N(C)C)cc2)c(OC)c1. The zero-order chi connectivity index (χ0) is 19.8. The van der Waals surface area contributed by atoms with Crippen molar-refractivity contribution in [2.45, 2.75) is 0 Å².